The van der Waals surface area contributed by atoms with Crippen LogP contribution in [-0.2, 0) is 6.54 Å². The molecule has 154 valence electrons. The molecule has 2 aromatic rings. The number of aromatic nitrogens is 1. The first-order valence-electron chi connectivity index (χ1n) is 10.2. The Morgan fingerprint density at radius 2 is 1.93 bits per heavy atom. The van der Waals surface area contributed by atoms with Gasteiger partial charge in [-0.25, -0.2) is 4.98 Å². The van der Waals surface area contributed by atoms with Crippen molar-refractivity contribution < 1.29 is 14.3 Å². The SMILES string of the molecule is CCC(C)NC(=O)c1ccc(N2CCN(Cc3ccc4c(c3)OCO4)CC2)nc1. The molecule has 1 unspecified atom stereocenters. The van der Waals surface area contributed by atoms with Gasteiger partial charge in [-0.2, -0.15) is 0 Å². The lowest BCUT2D eigenvalue weighted by Gasteiger charge is -2.35. The molecule has 1 fully saturated rings. The van der Waals surface area contributed by atoms with Gasteiger partial charge in [-0.05, 0) is 43.2 Å². The van der Waals surface area contributed by atoms with Crippen molar-refractivity contribution in [1.29, 1.82) is 0 Å². The molecule has 2 aliphatic rings. The summed E-state index contributed by atoms with van der Waals surface area (Å²) >= 11 is 0. The molecule has 0 spiro atoms. The van der Waals surface area contributed by atoms with Crippen molar-refractivity contribution in [3.8, 4) is 11.5 Å². The van der Waals surface area contributed by atoms with E-state index in [4.69, 9.17) is 9.47 Å². The summed E-state index contributed by atoms with van der Waals surface area (Å²) in [5.74, 6) is 2.52. The highest BCUT2D eigenvalue weighted by atomic mass is 16.7. The summed E-state index contributed by atoms with van der Waals surface area (Å²) < 4.78 is 10.9. The maximum Gasteiger partial charge on any atom is 0.253 e. The molecule has 4 rings (SSSR count). The summed E-state index contributed by atoms with van der Waals surface area (Å²) in [7, 11) is 0. The van der Waals surface area contributed by atoms with E-state index in [1.54, 1.807) is 6.20 Å². The maximum atomic E-state index is 12.2. The number of nitrogens with zero attached hydrogens (tertiary/aromatic N) is 3. The molecule has 1 N–H and O–H groups in total. The number of pyridine rings is 1. The van der Waals surface area contributed by atoms with Crippen molar-refractivity contribution in [3.63, 3.8) is 0 Å². The Kier molecular flexibility index (Phi) is 5.85. The molecule has 3 heterocycles. The zero-order valence-corrected chi connectivity index (χ0v) is 17.1. The van der Waals surface area contributed by atoms with E-state index in [1.165, 1.54) is 5.56 Å². The highest BCUT2D eigenvalue weighted by Crippen LogP contribution is 2.32. The van der Waals surface area contributed by atoms with Crippen molar-refractivity contribution in [1.82, 2.24) is 15.2 Å². The third-order valence-electron chi connectivity index (χ3n) is 5.54. The number of ether oxygens (including phenoxy) is 2. The lowest BCUT2D eigenvalue weighted by atomic mass is 10.1. The summed E-state index contributed by atoms with van der Waals surface area (Å²) in [6, 6.07) is 10.1. The molecule has 1 amide bonds. The number of rotatable bonds is 6. The van der Waals surface area contributed by atoms with E-state index in [0.717, 1.165) is 56.5 Å². The molecular formula is C22H28N4O3. The van der Waals surface area contributed by atoms with E-state index in [0.29, 0.717) is 12.4 Å². The second-order valence-corrected chi connectivity index (χ2v) is 7.64. The van der Waals surface area contributed by atoms with Gasteiger partial charge in [0.1, 0.15) is 5.82 Å². The fraction of sp³-hybridized carbons (Fsp3) is 0.455. The van der Waals surface area contributed by atoms with E-state index in [2.05, 4.69) is 39.2 Å². The average molecular weight is 396 g/mol. The molecule has 0 bridgehead atoms. The number of nitrogens with one attached hydrogen (secondary N) is 1. The van der Waals surface area contributed by atoms with Crippen LogP contribution >= 0.6 is 0 Å². The number of fused-ring (bicyclic) bond motifs is 1. The quantitative estimate of drug-likeness (QED) is 0.810. The number of carbonyl (C=O) groups excluding carboxylic acids is 1. The van der Waals surface area contributed by atoms with Gasteiger partial charge in [0.25, 0.3) is 5.91 Å². The monoisotopic (exact) mass is 396 g/mol. The number of piperazine rings is 1. The highest BCUT2D eigenvalue weighted by molar-refractivity contribution is 5.94. The van der Waals surface area contributed by atoms with Gasteiger partial charge in [0.05, 0.1) is 5.56 Å². The number of benzene rings is 1. The van der Waals surface area contributed by atoms with Crippen molar-refractivity contribution in [2.75, 3.05) is 37.9 Å². The van der Waals surface area contributed by atoms with Crippen LogP contribution in [0.1, 0.15) is 36.2 Å². The number of hydrogen-bond donors (Lipinski definition) is 1. The molecule has 0 aliphatic carbocycles. The van der Waals surface area contributed by atoms with Crippen LogP contribution in [-0.4, -0.2) is 54.8 Å². The standard InChI is InChI=1S/C22H28N4O3/c1-3-16(2)24-22(27)18-5-7-21(23-13-18)26-10-8-25(9-11-26)14-17-4-6-19-20(12-17)29-15-28-19/h4-7,12-13,16H,3,8-11,14-15H2,1-2H3,(H,24,27). The van der Waals surface area contributed by atoms with E-state index >= 15 is 0 Å². The van der Waals surface area contributed by atoms with Crippen LogP contribution < -0.4 is 19.7 Å². The number of amides is 1. The van der Waals surface area contributed by atoms with Crippen LogP contribution in [0.15, 0.2) is 36.5 Å². The Hall–Kier alpha value is -2.80. The zero-order valence-electron chi connectivity index (χ0n) is 17.1. The molecule has 2 aliphatic heterocycles. The van der Waals surface area contributed by atoms with Gasteiger partial charge in [0, 0.05) is 45.0 Å². The second-order valence-electron chi connectivity index (χ2n) is 7.64. The van der Waals surface area contributed by atoms with E-state index in [1.807, 2.05) is 25.1 Å². The van der Waals surface area contributed by atoms with Gasteiger partial charge in [-0.15, -0.1) is 0 Å². The van der Waals surface area contributed by atoms with Crippen molar-refractivity contribution in [3.05, 3.63) is 47.7 Å². The summed E-state index contributed by atoms with van der Waals surface area (Å²) in [5.41, 5.74) is 1.84. The van der Waals surface area contributed by atoms with Crippen LogP contribution in [0.5, 0.6) is 11.5 Å². The van der Waals surface area contributed by atoms with Crippen molar-refractivity contribution in [2.45, 2.75) is 32.9 Å². The third kappa shape index (κ3) is 4.62. The van der Waals surface area contributed by atoms with Gasteiger partial charge in [-0.3, -0.25) is 9.69 Å². The molecule has 1 aromatic heterocycles. The Labute approximate surface area is 171 Å². The van der Waals surface area contributed by atoms with E-state index in [9.17, 15) is 4.79 Å². The van der Waals surface area contributed by atoms with Gasteiger partial charge < -0.3 is 19.7 Å². The lowest BCUT2D eigenvalue weighted by Crippen LogP contribution is -2.46. The Morgan fingerprint density at radius 3 is 2.66 bits per heavy atom. The summed E-state index contributed by atoms with van der Waals surface area (Å²) in [6.07, 6.45) is 2.58. The Morgan fingerprint density at radius 1 is 1.14 bits per heavy atom. The molecule has 7 heteroatoms. The molecule has 7 nitrogen and oxygen atoms in total. The lowest BCUT2D eigenvalue weighted by molar-refractivity contribution is 0.0939. The normalized spacial score (nSPS) is 17.2. The van der Waals surface area contributed by atoms with Crippen LogP contribution in [0.3, 0.4) is 0 Å². The fourth-order valence-corrected chi connectivity index (χ4v) is 3.55. The smallest absolute Gasteiger partial charge is 0.253 e. The predicted molar refractivity (Wildman–Crippen MR) is 112 cm³/mol. The van der Waals surface area contributed by atoms with Crippen LogP contribution in [0.2, 0.25) is 0 Å². The number of hydrogen-bond acceptors (Lipinski definition) is 6. The largest absolute Gasteiger partial charge is 0.454 e. The minimum atomic E-state index is -0.0630. The fourth-order valence-electron chi connectivity index (χ4n) is 3.55. The maximum absolute atomic E-state index is 12.2. The predicted octanol–water partition coefficient (Wildman–Crippen LogP) is 2.66. The van der Waals surface area contributed by atoms with Crippen LogP contribution in [0.25, 0.3) is 0 Å². The van der Waals surface area contributed by atoms with Gasteiger partial charge in [0.2, 0.25) is 6.79 Å². The molecular weight excluding hydrogens is 368 g/mol. The molecule has 1 saturated heterocycles. The summed E-state index contributed by atoms with van der Waals surface area (Å²) in [5, 5.41) is 2.97. The van der Waals surface area contributed by atoms with Gasteiger partial charge in [-0.1, -0.05) is 13.0 Å². The number of carbonyl (C=O) groups is 1. The van der Waals surface area contributed by atoms with Crippen molar-refractivity contribution >= 4 is 11.7 Å². The van der Waals surface area contributed by atoms with Crippen molar-refractivity contribution in [2.24, 2.45) is 0 Å². The first-order valence-corrected chi connectivity index (χ1v) is 10.2. The summed E-state index contributed by atoms with van der Waals surface area (Å²) in [4.78, 5) is 21.4. The Balaban J connectivity index is 1.29. The minimum Gasteiger partial charge on any atom is -0.454 e. The zero-order chi connectivity index (χ0) is 20.2. The topological polar surface area (TPSA) is 66.9 Å². The highest BCUT2D eigenvalue weighted by Gasteiger charge is 2.20. The molecule has 0 saturated carbocycles. The summed E-state index contributed by atoms with van der Waals surface area (Å²) in [6.45, 7) is 9.01. The van der Waals surface area contributed by atoms with Gasteiger partial charge in [0.15, 0.2) is 11.5 Å². The second kappa shape index (κ2) is 8.69. The van der Waals surface area contributed by atoms with Crippen LogP contribution in [0, 0.1) is 0 Å². The van der Waals surface area contributed by atoms with E-state index < -0.39 is 0 Å². The first kappa shape index (κ1) is 19.5. The average Bonchev–Trinajstić information content (AvgIpc) is 3.22. The minimum absolute atomic E-state index is 0.0630. The van der Waals surface area contributed by atoms with Crippen LogP contribution in [0.4, 0.5) is 5.82 Å². The molecule has 1 aromatic carbocycles. The molecule has 29 heavy (non-hydrogen) atoms. The third-order valence-corrected chi connectivity index (χ3v) is 5.54. The van der Waals surface area contributed by atoms with E-state index in [-0.39, 0.29) is 11.9 Å². The Bertz CT molecular complexity index is 848. The number of anilines is 1. The van der Waals surface area contributed by atoms with Gasteiger partial charge >= 0.3 is 0 Å². The first-order chi connectivity index (χ1) is 14.1. The molecule has 0 radical (unpaired) electrons. The molecule has 1 atom stereocenters.